The molecule has 1 aliphatic rings. The second kappa shape index (κ2) is 4.72. The minimum Gasteiger partial charge on any atom is -0.396 e. The number of likely N-dealkylation sites (tertiary alicyclic amines) is 1. The molecule has 3 nitrogen and oxygen atoms in total. The van der Waals surface area contributed by atoms with E-state index >= 15 is 0 Å². The summed E-state index contributed by atoms with van der Waals surface area (Å²) in [5.41, 5.74) is 0. The van der Waals surface area contributed by atoms with Crippen molar-refractivity contribution in [2.45, 2.75) is 25.1 Å². The Morgan fingerprint density at radius 3 is 3.00 bits per heavy atom. The van der Waals surface area contributed by atoms with Gasteiger partial charge in [0.1, 0.15) is 0 Å². The van der Waals surface area contributed by atoms with Crippen molar-refractivity contribution in [1.82, 2.24) is 4.90 Å². The van der Waals surface area contributed by atoms with Crippen LogP contribution in [-0.4, -0.2) is 40.2 Å². The van der Waals surface area contributed by atoms with Crippen molar-refractivity contribution in [3.63, 3.8) is 0 Å². The Balaban J connectivity index is 2.30. The number of amides is 1. The van der Waals surface area contributed by atoms with Crippen LogP contribution < -0.4 is 0 Å². The van der Waals surface area contributed by atoms with Crippen LogP contribution >= 0.6 is 11.8 Å². The van der Waals surface area contributed by atoms with Crippen molar-refractivity contribution in [1.29, 1.82) is 0 Å². The molecule has 1 unspecified atom stereocenters. The molecule has 1 atom stereocenters. The Morgan fingerprint density at radius 2 is 2.50 bits per heavy atom. The van der Waals surface area contributed by atoms with Crippen molar-refractivity contribution in [3.05, 3.63) is 0 Å². The number of thioether (sulfide) groups is 1. The first kappa shape index (κ1) is 9.86. The Hall–Kier alpha value is -0.220. The number of carbonyl (C=O) groups is 1. The van der Waals surface area contributed by atoms with E-state index in [1.54, 1.807) is 11.8 Å². The second-order valence-corrected chi connectivity index (χ2v) is 4.31. The van der Waals surface area contributed by atoms with Crippen molar-refractivity contribution >= 4 is 17.7 Å². The standard InChI is InChI=1S/C8H15NO2S/c1-7(12-6-5-10)9-4-2-3-8(9)11/h7,10H,2-6H2,1H3. The molecule has 1 rings (SSSR count). The van der Waals surface area contributed by atoms with Gasteiger partial charge in [-0.1, -0.05) is 0 Å². The van der Waals surface area contributed by atoms with Gasteiger partial charge in [0.15, 0.2) is 0 Å². The summed E-state index contributed by atoms with van der Waals surface area (Å²) in [5, 5.41) is 8.83. The fourth-order valence-corrected chi connectivity index (χ4v) is 2.22. The van der Waals surface area contributed by atoms with Crippen molar-refractivity contribution < 1.29 is 9.90 Å². The van der Waals surface area contributed by atoms with Gasteiger partial charge in [-0.05, 0) is 13.3 Å². The molecule has 1 aliphatic heterocycles. The molecule has 0 aromatic heterocycles. The Labute approximate surface area is 77.1 Å². The largest absolute Gasteiger partial charge is 0.396 e. The first-order valence-corrected chi connectivity index (χ1v) is 5.32. The van der Waals surface area contributed by atoms with E-state index in [-0.39, 0.29) is 17.9 Å². The number of nitrogens with zero attached hydrogens (tertiary/aromatic N) is 1. The SMILES string of the molecule is CC(SCCO)N1CCCC1=O. The van der Waals surface area contributed by atoms with Crippen LogP contribution in [0.25, 0.3) is 0 Å². The molecule has 1 N–H and O–H groups in total. The number of aliphatic hydroxyl groups excluding tert-OH is 1. The van der Waals surface area contributed by atoms with Gasteiger partial charge >= 0.3 is 0 Å². The summed E-state index contributed by atoms with van der Waals surface area (Å²) < 4.78 is 0. The molecule has 12 heavy (non-hydrogen) atoms. The molecule has 0 saturated carbocycles. The molecule has 0 aromatic carbocycles. The molecule has 0 bridgehead atoms. The van der Waals surface area contributed by atoms with Crippen molar-refractivity contribution in [2.24, 2.45) is 0 Å². The van der Waals surface area contributed by atoms with Crippen LogP contribution in [0.15, 0.2) is 0 Å². The number of carbonyl (C=O) groups excluding carboxylic acids is 1. The van der Waals surface area contributed by atoms with E-state index in [0.29, 0.717) is 12.2 Å². The fraction of sp³-hybridized carbons (Fsp3) is 0.875. The molecule has 0 aromatic rings. The average molecular weight is 189 g/mol. The number of rotatable bonds is 4. The van der Waals surface area contributed by atoms with Crippen LogP contribution in [0.5, 0.6) is 0 Å². The fourth-order valence-electron chi connectivity index (χ4n) is 1.37. The minimum absolute atomic E-state index is 0.192. The zero-order chi connectivity index (χ0) is 8.97. The minimum atomic E-state index is 0.192. The number of hydrogen-bond acceptors (Lipinski definition) is 3. The lowest BCUT2D eigenvalue weighted by Crippen LogP contribution is -2.32. The molecular formula is C8H15NO2S. The van der Waals surface area contributed by atoms with Gasteiger partial charge in [-0.2, -0.15) is 0 Å². The second-order valence-electron chi connectivity index (χ2n) is 2.88. The van der Waals surface area contributed by atoms with Crippen LogP contribution in [0, 0.1) is 0 Å². The van der Waals surface area contributed by atoms with Gasteiger partial charge in [0, 0.05) is 18.7 Å². The molecule has 4 heteroatoms. The predicted molar refractivity (Wildman–Crippen MR) is 50.0 cm³/mol. The van der Waals surface area contributed by atoms with Gasteiger partial charge in [-0.15, -0.1) is 11.8 Å². The quantitative estimate of drug-likeness (QED) is 0.707. The number of aliphatic hydroxyl groups is 1. The normalized spacial score (nSPS) is 20.2. The van der Waals surface area contributed by atoms with Gasteiger partial charge in [0.25, 0.3) is 0 Å². The topological polar surface area (TPSA) is 40.5 Å². The summed E-state index contributed by atoms with van der Waals surface area (Å²) in [6, 6.07) is 0. The zero-order valence-corrected chi connectivity index (χ0v) is 8.14. The van der Waals surface area contributed by atoms with Crippen LogP contribution in [0.2, 0.25) is 0 Å². The summed E-state index contributed by atoms with van der Waals surface area (Å²) in [6.45, 7) is 3.10. The lowest BCUT2D eigenvalue weighted by molar-refractivity contribution is -0.128. The lowest BCUT2D eigenvalue weighted by Gasteiger charge is -2.23. The van der Waals surface area contributed by atoms with Gasteiger partial charge in [0.05, 0.1) is 12.0 Å². The Morgan fingerprint density at radius 1 is 1.75 bits per heavy atom. The third kappa shape index (κ3) is 2.38. The molecular weight excluding hydrogens is 174 g/mol. The zero-order valence-electron chi connectivity index (χ0n) is 7.32. The molecule has 0 spiro atoms. The molecule has 1 heterocycles. The van der Waals surface area contributed by atoms with E-state index < -0.39 is 0 Å². The van der Waals surface area contributed by atoms with Crippen LogP contribution in [0.3, 0.4) is 0 Å². The van der Waals surface area contributed by atoms with E-state index in [4.69, 9.17) is 5.11 Å². The van der Waals surface area contributed by atoms with Crippen molar-refractivity contribution in [2.75, 3.05) is 18.9 Å². The van der Waals surface area contributed by atoms with Gasteiger partial charge < -0.3 is 10.0 Å². The van der Waals surface area contributed by atoms with E-state index in [0.717, 1.165) is 13.0 Å². The smallest absolute Gasteiger partial charge is 0.223 e. The van der Waals surface area contributed by atoms with Crippen LogP contribution in [0.4, 0.5) is 0 Å². The maximum atomic E-state index is 11.2. The summed E-state index contributed by atoms with van der Waals surface area (Å²) in [7, 11) is 0. The Kier molecular flexibility index (Phi) is 3.88. The highest BCUT2D eigenvalue weighted by molar-refractivity contribution is 7.99. The molecule has 1 fully saturated rings. The first-order valence-electron chi connectivity index (χ1n) is 4.27. The highest BCUT2D eigenvalue weighted by Gasteiger charge is 2.24. The summed E-state index contributed by atoms with van der Waals surface area (Å²) in [6.07, 6.45) is 1.69. The maximum absolute atomic E-state index is 11.2. The third-order valence-corrected chi connectivity index (χ3v) is 3.15. The molecule has 1 amide bonds. The van der Waals surface area contributed by atoms with E-state index in [2.05, 4.69) is 0 Å². The van der Waals surface area contributed by atoms with Gasteiger partial charge in [-0.25, -0.2) is 0 Å². The molecule has 0 radical (unpaired) electrons. The van der Waals surface area contributed by atoms with Crippen LogP contribution in [-0.2, 0) is 4.79 Å². The molecule has 1 saturated heterocycles. The van der Waals surface area contributed by atoms with Crippen molar-refractivity contribution in [3.8, 4) is 0 Å². The monoisotopic (exact) mass is 189 g/mol. The first-order chi connectivity index (χ1) is 5.75. The summed E-state index contributed by atoms with van der Waals surface area (Å²) in [5.74, 6) is 0.971. The van der Waals surface area contributed by atoms with E-state index in [9.17, 15) is 4.79 Å². The molecule has 70 valence electrons. The van der Waals surface area contributed by atoms with Crippen LogP contribution in [0.1, 0.15) is 19.8 Å². The Bertz CT molecular complexity index is 163. The van der Waals surface area contributed by atoms with Gasteiger partial charge in [-0.3, -0.25) is 4.79 Å². The van der Waals surface area contributed by atoms with E-state index in [1.807, 2.05) is 11.8 Å². The summed E-state index contributed by atoms with van der Waals surface area (Å²) in [4.78, 5) is 13.1. The third-order valence-electron chi connectivity index (χ3n) is 2.00. The lowest BCUT2D eigenvalue weighted by atomic mass is 10.4. The maximum Gasteiger partial charge on any atom is 0.223 e. The molecule has 0 aliphatic carbocycles. The highest BCUT2D eigenvalue weighted by Crippen LogP contribution is 2.20. The highest BCUT2D eigenvalue weighted by atomic mass is 32.2. The number of hydrogen-bond donors (Lipinski definition) is 1. The van der Waals surface area contributed by atoms with Gasteiger partial charge in [0.2, 0.25) is 5.91 Å². The average Bonchev–Trinajstić information content (AvgIpc) is 2.47. The predicted octanol–water partition coefficient (Wildman–Crippen LogP) is 0.680. The van der Waals surface area contributed by atoms with E-state index in [1.165, 1.54) is 0 Å². The summed E-state index contributed by atoms with van der Waals surface area (Å²) >= 11 is 1.63.